The van der Waals surface area contributed by atoms with Gasteiger partial charge in [-0.25, -0.2) is 13.2 Å². The molecule has 0 saturated carbocycles. The zero-order valence-electron chi connectivity index (χ0n) is 10.0. The van der Waals surface area contributed by atoms with Gasteiger partial charge in [0.2, 0.25) is 0 Å². The Balaban J connectivity index is 2.23. The van der Waals surface area contributed by atoms with Crippen LogP contribution in [0.4, 0.5) is 13.2 Å². The van der Waals surface area contributed by atoms with E-state index >= 15 is 0 Å². The number of alkyl halides is 1. The van der Waals surface area contributed by atoms with Crippen molar-refractivity contribution in [1.82, 2.24) is 0 Å². The molecule has 2 rings (SSSR count). The van der Waals surface area contributed by atoms with Crippen LogP contribution in [0.1, 0.15) is 17.0 Å². The van der Waals surface area contributed by atoms with Crippen LogP contribution in [0.2, 0.25) is 0 Å². The predicted octanol–water partition coefficient (Wildman–Crippen LogP) is 4.67. The summed E-state index contributed by atoms with van der Waals surface area (Å²) in [5.41, 5.74) is 1.08. The van der Waals surface area contributed by atoms with E-state index < -0.39 is 11.6 Å². The third-order valence-corrected chi connectivity index (χ3v) is 3.37. The lowest BCUT2D eigenvalue weighted by Crippen LogP contribution is -2.06. The Bertz CT molecular complexity index is 552. The summed E-state index contributed by atoms with van der Waals surface area (Å²) < 4.78 is 39.5. The fraction of sp³-hybridized carbons (Fsp3) is 0.200. The molecule has 0 saturated heterocycles. The molecule has 0 bridgehead atoms. The van der Waals surface area contributed by atoms with Gasteiger partial charge < -0.3 is 0 Å². The van der Waals surface area contributed by atoms with Gasteiger partial charge in [-0.1, -0.05) is 12.1 Å². The van der Waals surface area contributed by atoms with Gasteiger partial charge in [-0.2, -0.15) is 0 Å². The standard InChI is InChI=1S/C15H12ClF3/c16-9-12(10-1-3-13(17)4-2-10)7-11-8-14(18)5-6-15(11)19/h1-6,8,12H,7,9H2. The first kappa shape index (κ1) is 13.9. The van der Waals surface area contributed by atoms with E-state index in [9.17, 15) is 13.2 Å². The first-order chi connectivity index (χ1) is 9.10. The lowest BCUT2D eigenvalue weighted by atomic mass is 9.93. The smallest absolute Gasteiger partial charge is 0.126 e. The molecule has 4 heteroatoms. The molecule has 0 aliphatic heterocycles. The molecule has 1 unspecified atom stereocenters. The summed E-state index contributed by atoms with van der Waals surface area (Å²) in [5.74, 6) is -1.21. The summed E-state index contributed by atoms with van der Waals surface area (Å²) in [5, 5.41) is 0. The number of hydrogen-bond donors (Lipinski definition) is 0. The molecule has 19 heavy (non-hydrogen) atoms. The summed E-state index contributed by atoms with van der Waals surface area (Å²) in [4.78, 5) is 0. The number of benzene rings is 2. The normalized spacial score (nSPS) is 12.4. The van der Waals surface area contributed by atoms with Crippen molar-refractivity contribution in [1.29, 1.82) is 0 Å². The van der Waals surface area contributed by atoms with Gasteiger partial charge in [0, 0.05) is 11.8 Å². The third kappa shape index (κ3) is 3.51. The third-order valence-electron chi connectivity index (χ3n) is 3.00. The van der Waals surface area contributed by atoms with Crippen LogP contribution < -0.4 is 0 Å². The first-order valence-electron chi connectivity index (χ1n) is 5.85. The van der Waals surface area contributed by atoms with Crippen molar-refractivity contribution in [2.24, 2.45) is 0 Å². The molecular weight excluding hydrogens is 273 g/mol. The van der Waals surface area contributed by atoms with Crippen molar-refractivity contribution in [2.45, 2.75) is 12.3 Å². The molecule has 0 aliphatic rings. The molecule has 2 aromatic rings. The fourth-order valence-corrected chi connectivity index (χ4v) is 2.25. The number of hydrogen-bond acceptors (Lipinski definition) is 0. The Labute approximate surface area is 114 Å². The van der Waals surface area contributed by atoms with Gasteiger partial charge in [-0.05, 0) is 47.9 Å². The van der Waals surface area contributed by atoms with E-state index in [1.807, 2.05) is 0 Å². The van der Waals surface area contributed by atoms with Gasteiger partial charge in [0.15, 0.2) is 0 Å². The maximum absolute atomic E-state index is 13.6. The van der Waals surface area contributed by atoms with Gasteiger partial charge in [0.25, 0.3) is 0 Å². The molecule has 100 valence electrons. The van der Waals surface area contributed by atoms with Crippen LogP contribution in [0, 0.1) is 17.5 Å². The Morgan fingerprint density at radius 1 is 0.895 bits per heavy atom. The summed E-state index contributed by atoms with van der Waals surface area (Å²) >= 11 is 5.87. The molecule has 0 N–H and O–H groups in total. The molecule has 0 aromatic heterocycles. The number of rotatable bonds is 4. The van der Waals surface area contributed by atoms with E-state index in [0.717, 1.165) is 17.7 Å². The van der Waals surface area contributed by atoms with Crippen LogP contribution in [-0.4, -0.2) is 5.88 Å². The minimum absolute atomic E-state index is 0.182. The molecule has 0 aliphatic carbocycles. The van der Waals surface area contributed by atoms with Crippen LogP contribution in [0.25, 0.3) is 0 Å². The highest BCUT2D eigenvalue weighted by molar-refractivity contribution is 6.18. The van der Waals surface area contributed by atoms with Gasteiger partial charge in [-0.15, -0.1) is 11.6 Å². The number of halogens is 4. The van der Waals surface area contributed by atoms with Crippen molar-refractivity contribution in [3.63, 3.8) is 0 Å². The zero-order valence-corrected chi connectivity index (χ0v) is 10.8. The molecule has 0 nitrogen and oxygen atoms in total. The van der Waals surface area contributed by atoms with E-state index in [2.05, 4.69) is 0 Å². The van der Waals surface area contributed by atoms with E-state index in [-0.39, 0.29) is 29.6 Å². The minimum atomic E-state index is -0.483. The highest BCUT2D eigenvalue weighted by Crippen LogP contribution is 2.24. The van der Waals surface area contributed by atoms with Crippen molar-refractivity contribution < 1.29 is 13.2 Å². The second-order valence-electron chi connectivity index (χ2n) is 4.34. The average Bonchev–Trinajstić information content (AvgIpc) is 2.41. The monoisotopic (exact) mass is 284 g/mol. The van der Waals surface area contributed by atoms with Crippen LogP contribution >= 0.6 is 11.6 Å². The predicted molar refractivity (Wildman–Crippen MR) is 69.9 cm³/mol. The van der Waals surface area contributed by atoms with Crippen molar-refractivity contribution in [3.8, 4) is 0 Å². The largest absolute Gasteiger partial charge is 0.207 e. The van der Waals surface area contributed by atoms with E-state index in [1.165, 1.54) is 18.2 Å². The zero-order chi connectivity index (χ0) is 13.8. The minimum Gasteiger partial charge on any atom is -0.207 e. The van der Waals surface area contributed by atoms with Crippen LogP contribution in [-0.2, 0) is 6.42 Å². The Hall–Kier alpha value is -1.48. The topological polar surface area (TPSA) is 0 Å². The van der Waals surface area contributed by atoms with Gasteiger partial charge in [-0.3, -0.25) is 0 Å². The van der Waals surface area contributed by atoms with Gasteiger partial charge >= 0.3 is 0 Å². The molecular formula is C15H12ClF3. The summed E-state index contributed by atoms with van der Waals surface area (Å²) in [6.07, 6.45) is 0.277. The average molecular weight is 285 g/mol. The molecule has 0 spiro atoms. The first-order valence-corrected chi connectivity index (χ1v) is 6.39. The van der Waals surface area contributed by atoms with Crippen LogP contribution in [0.15, 0.2) is 42.5 Å². The van der Waals surface area contributed by atoms with Gasteiger partial charge in [0.1, 0.15) is 17.5 Å². The maximum Gasteiger partial charge on any atom is 0.126 e. The van der Waals surface area contributed by atoms with E-state index in [1.54, 1.807) is 12.1 Å². The Morgan fingerprint density at radius 2 is 1.53 bits per heavy atom. The van der Waals surface area contributed by atoms with Crippen LogP contribution in [0.5, 0.6) is 0 Å². The molecule has 0 amide bonds. The van der Waals surface area contributed by atoms with E-state index in [0.29, 0.717) is 0 Å². The maximum atomic E-state index is 13.6. The van der Waals surface area contributed by atoms with Crippen molar-refractivity contribution in [2.75, 3.05) is 5.88 Å². The second-order valence-corrected chi connectivity index (χ2v) is 4.65. The Kier molecular flexibility index (Phi) is 4.48. The van der Waals surface area contributed by atoms with Crippen molar-refractivity contribution in [3.05, 3.63) is 71.0 Å². The lowest BCUT2D eigenvalue weighted by Gasteiger charge is -2.15. The lowest BCUT2D eigenvalue weighted by molar-refractivity contribution is 0.576. The SMILES string of the molecule is Fc1ccc(C(CCl)Cc2cc(F)ccc2F)cc1. The molecule has 1 atom stereocenters. The summed E-state index contributed by atoms with van der Waals surface area (Å²) in [7, 11) is 0. The van der Waals surface area contributed by atoms with Gasteiger partial charge in [0.05, 0.1) is 0 Å². The van der Waals surface area contributed by atoms with E-state index in [4.69, 9.17) is 11.6 Å². The molecule has 0 radical (unpaired) electrons. The highest BCUT2D eigenvalue weighted by Gasteiger charge is 2.14. The quantitative estimate of drug-likeness (QED) is 0.716. The van der Waals surface area contributed by atoms with Crippen molar-refractivity contribution >= 4 is 11.6 Å². The summed E-state index contributed by atoms with van der Waals surface area (Å²) in [6.45, 7) is 0. The summed E-state index contributed by atoms with van der Waals surface area (Å²) in [6, 6.07) is 9.22. The molecule has 0 heterocycles. The molecule has 2 aromatic carbocycles. The fourth-order valence-electron chi connectivity index (χ4n) is 1.96. The molecule has 0 fully saturated rings. The Morgan fingerprint density at radius 3 is 2.16 bits per heavy atom. The van der Waals surface area contributed by atoms with Crippen LogP contribution in [0.3, 0.4) is 0 Å². The highest BCUT2D eigenvalue weighted by atomic mass is 35.5. The second kappa shape index (κ2) is 6.11.